The maximum atomic E-state index is 11.9. The zero-order valence-electron chi connectivity index (χ0n) is 12.5. The molecule has 1 amide bonds. The Hall–Kier alpha value is -1.42. The minimum atomic E-state index is -0.0711. The van der Waals surface area contributed by atoms with E-state index in [1.807, 2.05) is 18.2 Å². The SMILES string of the molecule is COc1ccc(CN(CC(C)C)C(=O)CCl)c(OC)c1. The molecule has 0 aliphatic heterocycles. The van der Waals surface area contributed by atoms with Gasteiger partial charge >= 0.3 is 0 Å². The lowest BCUT2D eigenvalue weighted by molar-refractivity contribution is -0.129. The molecule has 0 aliphatic rings. The summed E-state index contributed by atoms with van der Waals surface area (Å²) in [7, 11) is 3.21. The van der Waals surface area contributed by atoms with Crippen molar-refractivity contribution in [2.45, 2.75) is 20.4 Å². The van der Waals surface area contributed by atoms with E-state index in [9.17, 15) is 4.79 Å². The highest BCUT2D eigenvalue weighted by molar-refractivity contribution is 6.27. The van der Waals surface area contributed by atoms with E-state index in [0.717, 1.165) is 11.3 Å². The first kappa shape index (κ1) is 16.6. The van der Waals surface area contributed by atoms with Crippen LogP contribution in [0.15, 0.2) is 18.2 Å². The fourth-order valence-electron chi connectivity index (χ4n) is 1.97. The molecule has 20 heavy (non-hydrogen) atoms. The number of hydrogen-bond donors (Lipinski definition) is 0. The van der Waals surface area contributed by atoms with Crippen molar-refractivity contribution in [3.05, 3.63) is 23.8 Å². The molecule has 0 aromatic heterocycles. The highest BCUT2D eigenvalue weighted by atomic mass is 35.5. The molecule has 0 bridgehead atoms. The first-order valence-corrected chi connectivity index (χ1v) is 7.09. The fraction of sp³-hybridized carbons (Fsp3) is 0.533. The van der Waals surface area contributed by atoms with Crippen LogP contribution in [0.3, 0.4) is 0 Å². The number of rotatable bonds is 7. The zero-order chi connectivity index (χ0) is 15.1. The fourth-order valence-corrected chi connectivity index (χ4v) is 2.14. The Bertz CT molecular complexity index is 449. The molecule has 1 aromatic rings. The largest absolute Gasteiger partial charge is 0.497 e. The van der Waals surface area contributed by atoms with Crippen LogP contribution >= 0.6 is 11.6 Å². The van der Waals surface area contributed by atoms with E-state index >= 15 is 0 Å². The van der Waals surface area contributed by atoms with Gasteiger partial charge in [-0.05, 0) is 18.1 Å². The van der Waals surface area contributed by atoms with Crippen LogP contribution in [0.5, 0.6) is 11.5 Å². The Morgan fingerprint density at radius 2 is 2.00 bits per heavy atom. The second-order valence-corrected chi connectivity index (χ2v) is 5.25. The predicted octanol–water partition coefficient (Wildman–Crippen LogP) is 2.93. The normalized spacial score (nSPS) is 10.5. The van der Waals surface area contributed by atoms with Crippen molar-refractivity contribution < 1.29 is 14.3 Å². The van der Waals surface area contributed by atoms with Gasteiger partial charge in [0.25, 0.3) is 0 Å². The maximum absolute atomic E-state index is 11.9. The molecule has 1 rings (SSSR count). The molecule has 1 aromatic carbocycles. The minimum Gasteiger partial charge on any atom is -0.497 e. The smallest absolute Gasteiger partial charge is 0.237 e. The summed E-state index contributed by atoms with van der Waals surface area (Å²) in [5.74, 6) is 1.74. The van der Waals surface area contributed by atoms with Crippen LogP contribution in [0, 0.1) is 5.92 Å². The van der Waals surface area contributed by atoms with Crippen LogP contribution in [0.2, 0.25) is 0 Å². The lowest BCUT2D eigenvalue weighted by Crippen LogP contribution is -2.34. The van der Waals surface area contributed by atoms with Crippen molar-refractivity contribution in [2.75, 3.05) is 26.6 Å². The number of carbonyl (C=O) groups excluding carboxylic acids is 1. The second kappa shape index (κ2) is 8.00. The molecular formula is C15H22ClNO3. The number of ether oxygens (including phenoxy) is 2. The number of alkyl halides is 1. The van der Waals surface area contributed by atoms with Crippen molar-refractivity contribution in [3.8, 4) is 11.5 Å². The predicted molar refractivity (Wildman–Crippen MR) is 80.5 cm³/mol. The number of methoxy groups -OCH3 is 2. The summed E-state index contributed by atoms with van der Waals surface area (Å²) in [5, 5.41) is 0. The second-order valence-electron chi connectivity index (χ2n) is 4.98. The van der Waals surface area contributed by atoms with Crippen molar-refractivity contribution in [3.63, 3.8) is 0 Å². The molecule has 5 heteroatoms. The van der Waals surface area contributed by atoms with E-state index in [0.29, 0.717) is 24.8 Å². The van der Waals surface area contributed by atoms with Crippen LogP contribution in [-0.2, 0) is 11.3 Å². The van der Waals surface area contributed by atoms with Crippen LogP contribution in [0.25, 0.3) is 0 Å². The summed E-state index contributed by atoms with van der Waals surface area (Å²) in [6.45, 7) is 5.29. The minimum absolute atomic E-state index is 0.00874. The summed E-state index contributed by atoms with van der Waals surface area (Å²) >= 11 is 5.68. The molecule has 0 spiro atoms. The van der Waals surface area contributed by atoms with Crippen molar-refractivity contribution in [2.24, 2.45) is 5.92 Å². The van der Waals surface area contributed by atoms with E-state index in [1.54, 1.807) is 19.1 Å². The van der Waals surface area contributed by atoms with Gasteiger partial charge in [0.1, 0.15) is 17.4 Å². The van der Waals surface area contributed by atoms with Crippen molar-refractivity contribution in [1.82, 2.24) is 4.90 Å². The van der Waals surface area contributed by atoms with Gasteiger partial charge in [-0.3, -0.25) is 4.79 Å². The Balaban J connectivity index is 2.95. The molecule has 0 saturated heterocycles. The van der Waals surface area contributed by atoms with Crippen molar-refractivity contribution >= 4 is 17.5 Å². The molecule has 0 heterocycles. The Labute approximate surface area is 125 Å². The van der Waals surface area contributed by atoms with Crippen LogP contribution in [0.1, 0.15) is 19.4 Å². The van der Waals surface area contributed by atoms with E-state index in [-0.39, 0.29) is 11.8 Å². The Morgan fingerprint density at radius 1 is 1.30 bits per heavy atom. The summed E-state index contributed by atoms with van der Waals surface area (Å²) in [5.41, 5.74) is 0.937. The summed E-state index contributed by atoms with van der Waals surface area (Å²) < 4.78 is 10.5. The Kier molecular flexibility index (Phi) is 6.65. The van der Waals surface area contributed by atoms with E-state index in [4.69, 9.17) is 21.1 Å². The molecule has 112 valence electrons. The lowest BCUT2D eigenvalue weighted by Gasteiger charge is -2.25. The molecule has 0 saturated carbocycles. The number of benzene rings is 1. The first-order valence-electron chi connectivity index (χ1n) is 6.56. The number of amides is 1. The summed E-state index contributed by atoms with van der Waals surface area (Å²) in [4.78, 5) is 13.7. The van der Waals surface area contributed by atoms with Gasteiger partial charge in [0, 0.05) is 24.7 Å². The van der Waals surface area contributed by atoms with E-state index < -0.39 is 0 Å². The van der Waals surface area contributed by atoms with Gasteiger partial charge in [0.2, 0.25) is 5.91 Å². The molecule has 4 nitrogen and oxygen atoms in total. The van der Waals surface area contributed by atoms with E-state index in [1.165, 1.54) is 0 Å². The van der Waals surface area contributed by atoms with Gasteiger partial charge in [-0.2, -0.15) is 0 Å². The average Bonchev–Trinajstić information content (AvgIpc) is 2.45. The number of hydrogen-bond acceptors (Lipinski definition) is 3. The third-order valence-corrected chi connectivity index (χ3v) is 3.14. The van der Waals surface area contributed by atoms with Crippen molar-refractivity contribution in [1.29, 1.82) is 0 Å². The number of carbonyl (C=O) groups is 1. The Morgan fingerprint density at radius 3 is 2.50 bits per heavy atom. The zero-order valence-corrected chi connectivity index (χ0v) is 13.2. The summed E-state index contributed by atoms with van der Waals surface area (Å²) in [6, 6.07) is 5.58. The van der Waals surface area contributed by atoms with Gasteiger partial charge in [-0.15, -0.1) is 11.6 Å². The maximum Gasteiger partial charge on any atom is 0.237 e. The standard InChI is InChI=1S/C15H22ClNO3/c1-11(2)9-17(15(18)8-16)10-12-5-6-13(19-3)7-14(12)20-4/h5-7,11H,8-10H2,1-4H3. The number of halogens is 1. The molecule has 0 N–H and O–H groups in total. The lowest BCUT2D eigenvalue weighted by atomic mass is 10.1. The van der Waals surface area contributed by atoms with Crippen LogP contribution in [-0.4, -0.2) is 37.5 Å². The molecule has 0 atom stereocenters. The highest BCUT2D eigenvalue weighted by Gasteiger charge is 2.16. The molecule has 0 radical (unpaired) electrons. The third kappa shape index (κ3) is 4.60. The first-order chi connectivity index (χ1) is 9.51. The van der Waals surface area contributed by atoms with Gasteiger partial charge in [0.05, 0.1) is 14.2 Å². The van der Waals surface area contributed by atoms with Crippen LogP contribution < -0.4 is 9.47 Å². The summed E-state index contributed by atoms with van der Waals surface area (Å²) in [6.07, 6.45) is 0. The van der Waals surface area contributed by atoms with E-state index in [2.05, 4.69) is 13.8 Å². The third-order valence-electron chi connectivity index (χ3n) is 2.91. The van der Waals surface area contributed by atoms with Gasteiger partial charge in [-0.25, -0.2) is 0 Å². The topological polar surface area (TPSA) is 38.8 Å². The molecule has 0 fully saturated rings. The van der Waals surface area contributed by atoms with Gasteiger partial charge in [0.15, 0.2) is 0 Å². The molecular weight excluding hydrogens is 278 g/mol. The monoisotopic (exact) mass is 299 g/mol. The molecule has 0 aliphatic carbocycles. The average molecular weight is 300 g/mol. The van der Waals surface area contributed by atoms with Crippen LogP contribution in [0.4, 0.5) is 0 Å². The quantitative estimate of drug-likeness (QED) is 0.727. The highest BCUT2D eigenvalue weighted by Crippen LogP contribution is 2.26. The number of nitrogens with zero attached hydrogens (tertiary/aromatic N) is 1. The van der Waals surface area contributed by atoms with Gasteiger partial charge in [-0.1, -0.05) is 13.8 Å². The molecule has 0 unspecified atom stereocenters. The van der Waals surface area contributed by atoms with Gasteiger partial charge < -0.3 is 14.4 Å².